The summed E-state index contributed by atoms with van der Waals surface area (Å²) in [7, 11) is 0. The summed E-state index contributed by atoms with van der Waals surface area (Å²) in [4.78, 5) is 24.4. The van der Waals surface area contributed by atoms with Gasteiger partial charge in [-0.2, -0.15) is 5.10 Å². The molecule has 1 aliphatic rings. The Morgan fingerprint density at radius 2 is 1.97 bits per heavy atom. The number of aryl methyl sites for hydroxylation is 1. The van der Waals surface area contributed by atoms with E-state index in [9.17, 15) is 9.59 Å². The normalized spacial score (nSPS) is 15.3. The van der Waals surface area contributed by atoms with Crippen LogP contribution in [0.2, 0.25) is 0 Å². The van der Waals surface area contributed by atoms with Crippen LogP contribution in [0.4, 0.5) is 11.4 Å². The Hall–Kier alpha value is -3.61. The van der Waals surface area contributed by atoms with Gasteiger partial charge in [-0.15, -0.1) is 0 Å². The first-order valence-corrected chi connectivity index (χ1v) is 9.44. The van der Waals surface area contributed by atoms with Crippen molar-refractivity contribution >= 4 is 23.2 Å². The number of anilines is 2. The number of carbonyl (C=O) groups excluding carboxylic acids is 2. The number of ether oxygens (including phenoxy) is 1. The summed E-state index contributed by atoms with van der Waals surface area (Å²) in [6.45, 7) is 5.55. The molecule has 29 heavy (non-hydrogen) atoms. The number of para-hydroxylation sites is 1. The van der Waals surface area contributed by atoms with Crippen molar-refractivity contribution in [3.8, 4) is 11.4 Å². The maximum atomic E-state index is 12.6. The van der Waals surface area contributed by atoms with Gasteiger partial charge >= 0.3 is 0 Å². The van der Waals surface area contributed by atoms with Gasteiger partial charge in [-0.05, 0) is 51.1 Å². The fourth-order valence-corrected chi connectivity index (χ4v) is 3.40. The van der Waals surface area contributed by atoms with Gasteiger partial charge in [0.25, 0.3) is 5.91 Å². The molecule has 2 N–H and O–H groups in total. The SMILES string of the molecule is Cc1nn(-c2ccccc2)c(C)c1CC(=O)Nc1ccc2c(c1)NC(=O)[C@@H](C)O2. The van der Waals surface area contributed by atoms with Crippen LogP contribution in [-0.4, -0.2) is 27.7 Å². The van der Waals surface area contributed by atoms with Crippen LogP contribution in [0.15, 0.2) is 48.5 Å². The molecule has 7 nitrogen and oxygen atoms in total. The van der Waals surface area contributed by atoms with Crippen molar-refractivity contribution in [2.24, 2.45) is 0 Å². The quantitative estimate of drug-likeness (QED) is 0.715. The van der Waals surface area contributed by atoms with Gasteiger partial charge in [0.05, 0.1) is 23.5 Å². The van der Waals surface area contributed by atoms with Crippen molar-refractivity contribution in [1.82, 2.24) is 9.78 Å². The van der Waals surface area contributed by atoms with E-state index in [0.29, 0.717) is 17.1 Å². The molecule has 4 rings (SSSR count). The lowest BCUT2D eigenvalue weighted by Gasteiger charge is -2.23. The summed E-state index contributed by atoms with van der Waals surface area (Å²) < 4.78 is 7.39. The van der Waals surface area contributed by atoms with Crippen LogP contribution < -0.4 is 15.4 Å². The maximum absolute atomic E-state index is 12.6. The largest absolute Gasteiger partial charge is 0.479 e. The molecule has 0 unspecified atom stereocenters. The number of carbonyl (C=O) groups is 2. The fraction of sp³-hybridized carbons (Fsp3) is 0.227. The van der Waals surface area contributed by atoms with E-state index in [1.807, 2.05) is 48.9 Å². The predicted octanol–water partition coefficient (Wildman–Crippen LogP) is 3.39. The number of nitrogens with zero attached hydrogens (tertiary/aromatic N) is 2. The van der Waals surface area contributed by atoms with Gasteiger partial charge in [-0.25, -0.2) is 4.68 Å². The molecule has 0 saturated heterocycles. The minimum atomic E-state index is -0.532. The second-order valence-electron chi connectivity index (χ2n) is 7.08. The molecule has 0 bridgehead atoms. The summed E-state index contributed by atoms with van der Waals surface area (Å²) in [5.74, 6) is 0.228. The first-order valence-electron chi connectivity index (χ1n) is 9.44. The van der Waals surface area contributed by atoms with Gasteiger partial charge in [0.15, 0.2) is 6.10 Å². The Morgan fingerprint density at radius 1 is 1.21 bits per heavy atom. The number of nitrogens with one attached hydrogen (secondary N) is 2. The first kappa shape index (κ1) is 18.7. The summed E-state index contributed by atoms with van der Waals surface area (Å²) in [6, 6.07) is 15.0. The number of fused-ring (bicyclic) bond motifs is 1. The van der Waals surface area contributed by atoms with E-state index in [0.717, 1.165) is 22.6 Å². The molecule has 0 spiro atoms. The van der Waals surface area contributed by atoms with Crippen molar-refractivity contribution in [2.45, 2.75) is 33.3 Å². The molecular formula is C22H22N4O3. The predicted molar refractivity (Wildman–Crippen MR) is 111 cm³/mol. The standard InChI is InChI=1S/C22H22N4O3/c1-13-18(14(2)26(25-13)17-7-5-4-6-8-17)12-21(27)23-16-9-10-20-19(11-16)24-22(28)15(3)29-20/h4-11,15H,12H2,1-3H3,(H,23,27)(H,24,28)/t15-/m1/s1. The molecule has 0 saturated carbocycles. The molecule has 2 amide bonds. The van der Waals surface area contributed by atoms with Crippen LogP contribution >= 0.6 is 0 Å². The van der Waals surface area contributed by atoms with Gasteiger partial charge in [0, 0.05) is 16.9 Å². The number of hydrogen-bond acceptors (Lipinski definition) is 4. The number of rotatable bonds is 4. The van der Waals surface area contributed by atoms with E-state index in [1.54, 1.807) is 25.1 Å². The third-order valence-electron chi connectivity index (χ3n) is 4.97. The third-order valence-corrected chi connectivity index (χ3v) is 4.97. The molecule has 7 heteroatoms. The highest BCUT2D eigenvalue weighted by molar-refractivity contribution is 5.99. The molecule has 1 atom stereocenters. The molecule has 0 fully saturated rings. The van der Waals surface area contributed by atoms with Gasteiger partial charge in [-0.1, -0.05) is 18.2 Å². The fourth-order valence-electron chi connectivity index (χ4n) is 3.40. The topological polar surface area (TPSA) is 85.3 Å². The van der Waals surface area contributed by atoms with Crippen LogP contribution in [0.1, 0.15) is 23.9 Å². The maximum Gasteiger partial charge on any atom is 0.265 e. The van der Waals surface area contributed by atoms with E-state index >= 15 is 0 Å². The van der Waals surface area contributed by atoms with Crippen LogP contribution in [-0.2, 0) is 16.0 Å². The summed E-state index contributed by atoms with van der Waals surface area (Å²) >= 11 is 0. The van der Waals surface area contributed by atoms with Gasteiger partial charge in [0.1, 0.15) is 5.75 Å². The van der Waals surface area contributed by atoms with Gasteiger partial charge in [-0.3, -0.25) is 9.59 Å². The number of hydrogen-bond donors (Lipinski definition) is 2. The molecular weight excluding hydrogens is 368 g/mol. The van der Waals surface area contributed by atoms with E-state index in [2.05, 4.69) is 15.7 Å². The monoisotopic (exact) mass is 390 g/mol. The van der Waals surface area contributed by atoms with Crippen molar-refractivity contribution in [3.05, 3.63) is 65.5 Å². The first-order chi connectivity index (χ1) is 13.9. The van der Waals surface area contributed by atoms with E-state index in [1.165, 1.54) is 0 Å². The molecule has 148 valence electrons. The third kappa shape index (κ3) is 3.71. The summed E-state index contributed by atoms with van der Waals surface area (Å²) in [5.41, 5.74) is 4.76. The zero-order chi connectivity index (χ0) is 20.5. The summed E-state index contributed by atoms with van der Waals surface area (Å²) in [5, 5.41) is 10.3. The summed E-state index contributed by atoms with van der Waals surface area (Å²) in [6.07, 6.45) is -0.323. The number of amides is 2. The zero-order valence-electron chi connectivity index (χ0n) is 16.5. The average Bonchev–Trinajstić information content (AvgIpc) is 2.98. The molecule has 3 aromatic rings. The van der Waals surface area contributed by atoms with Crippen LogP contribution in [0, 0.1) is 13.8 Å². The Balaban J connectivity index is 1.50. The van der Waals surface area contributed by atoms with Crippen LogP contribution in [0.3, 0.4) is 0 Å². The van der Waals surface area contributed by atoms with Crippen molar-refractivity contribution in [3.63, 3.8) is 0 Å². The second-order valence-corrected chi connectivity index (χ2v) is 7.08. The number of benzene rings is 2. The lowest BCUT2D eigenvalue weighted by atomic mass is 10.1. The lowest BCUT2D eigenvalue weighted by molar-refractivity contribution is -0.122. The molecule has 1 aliphatic heterocycles. The second kappa shape index (κ2) is 7.43. The van der Waals surface area contributed by atoms with Crippen LogP contribution in [0.5, 0.6) is 5.75 Å². The highest BCUT2D eigenvalue weighted by Crippen LogP contribution is 2.32. The zero-order valence-corrected chi connectivity index (χ0v) is 16.5. The highest BCUT2D eigenvalue weighted by atomic mass is 16.5. The van der Waals surface area contributed by atoms with E-state index in [4.69, 9.17) is 4.74 Å². The van der Waals surface area contributed by atoms with Crippen molar-refractivity contribution in [1.29, 1.82) is 0 Å². The van der Waals surface area contributed by atoms with Crippen molar-refractivity contribution in [2.75, 3.05) is 10.6 Å². The highest BCUT2D eigenvalue weighted by Gasteiger charge is 2.24. The molecule has 0 radical (unpaired) electrons. The molecule has 2 aromatic carbocycles. The Morgan fingerprint density at radius 3 is 2.72 bits per heavy atom. The Labute approximate surface area is 168 Å². The van der Waals surface area contributed by atoms with Crippen LogP contribution in [0.25, 0.3) is 5.69 Å². The smallest absolute Gasteiger partial charge is 0.265 e. The van der Waals surface area contributed by atoms with Gasteiger partial charge in [0.2, 0.25) is 5.91 Å². The minimum absolute atomic E-state index is 0.153. The Kier molecular flexibility index (Phi) is 4.80. The van der Waals surface area contributed by atoms with E-state index in [-0.39, 0.29) is 18.2 Å². The van der Waals surface area contributed by atoms with Crippen molar-refractivity contribution < 1.29 is 14.3 Å². The number of aromatic nitrogens is 2. The lowest BCUT2D eigenvalue weighted by Crippen LogP contribution is -2.34. The van der Waals surface area contributed by atoms with E-state index < -0.39 is 6.10 Å². The molecule has 0 aliphatic carbocycles. The molecule has 2 heterocycles. The Bertz CT molecular complexity index is 1090. The minimum Gasteiger partial charge on any atom is -0.479 e. The average molecular weight is 390 g/mol. The molecule has 1 aromatic heterocycles. The van der Waals surface area contributed by atoms with Gasteiger partial charge < -0.3 is 15.4 Å².